The van der Waals surface area contributed by atoms with Crippen LogP contribution in [0.4, 0.5) is 0 Å². The number of nitrogens with one attached hydrogen (secondary N) is 1. The molecule has 1 atom stereocenters. The van der Waals surface area contributed by atoms with E-state index in [2.05, 4.69) is 12.2 Å². The zero-order valence-electron chi connectivity index (χ0n) is 7.80. The quantitative estimate of drug-likeness (QED) is 0.644. The second kappa shape index (κ2) is 7.43. The minimum Gasteiger partial charge on any atom is -0.353 e. The van der Waals surface area contributed by atoms with E-state index in [1.165, 1.54) is 0 Å². The lowest BCUT2D eigenvalue weighted by Gasteiger charge is -2.12. The highest BCUT2D eigenvalue weighted by molar-refractivity contribution is 7.99. The molecule has 0 rings (SSSR count). The summed E-state index contributed by atoms with van der Waals surface area (Å²) in [7, 11) is 0. The Balaban J connectivity index is 3.40. The normalized spacial score (nSPS) is 12.6. The van der Waals surface area contributed by atoms with Crippen LogP contribution in [0.2, 0.25) is 0 Å². The molecule has 0 aliphatic heterocycles. The van der Waals surface area contributed by atoms with E-state index >= 15 is 0 Å². The molecule has 0 bridgehead atoms. The number of thioether (sulfide) groups is 1. The molecule has 0 aliphatic carbocycles. The summed E-state index contributed by atoms with van der Waals surface area (Å²) < 4.78 is 0. The van der Waals surface area contributed by atoms with Crippen molar-refractivity contribution in [2.24, 2.45) is 5.73 Å². The Morgan fingerprint density at radius 2 is 2.33 bits per heavy atom. The predicted octanol–water partition coefficient (Wildman–Crippen LogP) is 0.593. The van der Waals surface area contributed by atoms with Gasteiger partial charge in [0.05, 0.1) is 0 Å². The van der Waals surface area contributed by atoms with Crippen LogP contribution in [-0.4, -0.2) is 30.0 Å². The van der Waals surface area contributed by atoms with Crippen LogP contribution in [0.25, 0.3) is 0 Å². The van der Waals surface area contributed by atoms with Gasteiger partial charge in [0.1, 0.15) is 0 Å². The number of amides is 1. The molecule has 0 heterocycles. The van der Waals surface area contributed by atoms with Gasteiger partial charge in [-0.15, -0.1) is 0 Å². The van der Waals surface area contributed by atoms with Crippen molar-refractivity contribution in [1.82, 2.24) is 5.32 Å². The SMILES string of the molecule is CCSCC(C)NC(=O)CCN. The topological polar surface area (TPSA) is 55.1 Å². The fraction of sp³-hybridized carbons (Fsp3) is 0.875. The van der Waals surface area contributed by atoms with Crippen molar-refractivity contribution in [1.29, 1.82) is 0 Å². The maximum atomic E-state index is 11.0. The molecule has 0 aliphatic rings. The number of rotatable bonds is 6. The van der Waals surface area contributed by atoms with Crippen LogP contribution < -0.4 is 11.1 Å². The van der Waals surface area contributed by atoms with E-state index in [1.807, 2.05) is 18.7 Å². The minimum atomic E-state index is 0.0571. The van der Waals surface area contributed by atoms with Gasteiger partial charge in [0.2, 0.25) is 5.91 Å². The van der Waals surface area contributed by atoms with Crippen LogP contribution in [0.5, 0.6) is 0 Å². The van der Waals surface area contributed by atoms with E-state index in [0.29, 0.717) is 13.0 Å². The summed E-state index contributed by atoms with van der Waals surface area (Å²) in [6.07, 6.45) is 0.432. The summed E-state index contributed by atoms with van der Waals surface area (Å²) in [6.45, 7) is 4.55. The standard InChI is InChI=1S/C8H18N2OS/c1-3-12-6-7(2)10-8(11)4-5-9/h7H,3-6,9H2,1-2H3,(H,10,11). The Bertz CT molecular complexity index is 130. The average Bonchev–Trinajstić information content (AvgIpc) is 2.01. The summed E-state index contributed by atoms with van der Waals surface area (Å²) in [6, 6.07) is 0.258. The van der Waals surface area contributed by atoms with Crippen LogP contribution >= 0.6 is 11.8 Å². The van der Waals surface area contributed by atoms with Gasteiger partial charge in [0.15, 0.2) is 0 Å². The third-order valence-electron chi connectivity index (χ3n) is 1.35. The van der Waals surface area contributed by atoms with Crippen molar-refractivity contribution in [3.63, 3.8) is 0 Å². The van der Waals surface area contributed by atoms with Crippen LogP contribution in [-0.2, 0) is 4.79 Å². The third kappa shape index (κ3) is 6.49. The van der Waals surface area contributed by atoms with Crippen molar-refractivity contribution < 1.29 is 4.79 Å². The minimum absolute atomic E-state index is 0.0571. The Morgan fingerprint density at radius 1 is 1.67 bits per heavy atom. The number of hydrogen-bond donors (Lipinski definition) is 2. The lowest BCUT2D eigenvalue weighted by atomic mass is 10.3. The fourth-order valence-electron chi connectivity index (χ4n) is 0.814. The van der Waals surface area contributed by atoms with Gasteiger partial charge in [-0.2, -0.15) is 11.8 Å². The molecular formula is C8H18N2OS. The molecule has 12 heavy (non-hydrogen) atoms. The molecule has 72 valence electrons. The summed E-state index contributed by atoms with van der Waals surface area (Å²) in [5, 5.41) is 2.88. The molecule has 0 aromatic carbocycles. The zero-order valence-corrected chi connectivity index (χ0v) is 8.62. The summed E-state index contributed by atoms with van der Waals surface area (Å²) in [5.74, 6) is 2.13. The summed E-state index contributed by atoms with van der Waals surface area (Å²) in [5.41, 5.74) is 5.24. The van der Waals surface area contributed by atoms with Gasteiger partial charge in [-0.25, -0.2) is 0 Å². The lowest BCUT2D eigenvalue weighted by molar-refractivity contribution is -0.121. The second-order valence-electron chi connectivity index (χ2n) is 2.67. The van der Waals surface area contributed by atoms with Gasteiger partial charge in [0.25, 0.3) is 0 Å². The van der Waals surface area contributed by atoms with Crippen LogP contribution in [0.3, 0.4) is 0 Å². The maximum absolute atomic E-state index is 11.0. The smallest absolute Gasteiger partial charge is 0.221 e. The van der Waals surface area contributed by atoms with Crippen molar-refractivity contribution >= 4 is 17.7 Å². The molecule has 0 aromatic heterocycles. The first-order valence-corrected chi connectivity index (χ1v) is 5.43. The fourth-order valence-corrected chi connectivity index (χ4v) is 1.49. The molecule has 1 amide bonds. The van der Waals surface area contributed by atoms with Gasteiger partial charge in [0, 0.05) is 24.8 Å². The van der Waals surface area contributed by atoms with Crippen molar-refractivity contribution in [2.75, 3.05) is 18.1 Å². The van der Waals surface area contributed by atoms with Crippen molar-refractivity contribution in [3.8, 4) is 0 Å². The van der Waals surface area contributed by atoms with Crippen molar-refractivity contribution in [2.45, 2.75) is 26.3 Å². The third-order valence-corrected chi connectivity index (χ3v) is 2.49. The van der Waals surface area contributed by atoms with Gasteiger partial charge >= 0.3 is 0 Å². The van der Waals surface area contributed by atoms with E-state index < -0.39 is 0 Å². The molecule has 4 heteroatoms. The monoisotopic (exact) mass is 190 g/mol. The van der Waals surface area contributed by atoms with Crippen molar-refractivity contribution in [3.05, 3.63) is 0 Å². The molecule has 0 fully saturated rings. The molecule has 3 N–H and O–H groups in total. The Labute approximate surface area is 78.5 Å². The van der Waals surface area contributed by atoms with Crippen LogP contribution in [0, 0.1) is 0 Å². The van der Waals surface area contributed by atoms with E-state index in [9.17, 15) is 4.79 Å². The highest BCUT2D eigenvalue weighted by atomic mass is 32.2. The second-order valence-corrected chi connectivity index (χ2v) is 3.99. The summed E-state index contributed by atoms with van der Waals surface area (Å²) in [4.78, 5) is 11.0. The molecule has 0 saturated heterocycles. The van der Waals surface area contributed by atoms with Gasteiger partial charge in [-0.05, 0) is 12.7 Å². The number of carbonyl (C=O) groups excluding carboxylic acids is 1. The molecule has 0 saturated carbocycles. The lowest BCUT2D eigenvalue weighted by Crippen LogP contribution is -2.35. The molecule has 1 unspecified atom stereocenters. The van der Waals surface area contributed by atoms with E-state index in [0.717, 1.165) is 11.5 Å². The largest absolute Gasteiger partial charge is 0.353 e. The first-order valence-electron chi connectivity index (χ1n) is 4.27. The average molecular weight is 190 g/mol. The molecular weight excluding hydrogens is 172 g/mol. The van der Waals surface area contributed by atoms with Crippen LogP contribution in [0.1, 0.15) is 20.3 Å². The Kier molecular flexibility index (Phi) is 7.29. The number of carbonyl (C=O) groups is 1. The highest BCUT2D eigenvalue weighted by Crippen LogP contribution is 2.00. The highest BCUT2D eigenvalue weighted by Gasteiger charge is 2.04. The predicted molar refractivity (Wildman–Crippen MR) is 54.3 cm³/mol. The molecule has 3 nitrogen and oxygen atoms in total. The molecule has 0 radical (unpaired) electrons. The van der Waals surface area contributed by atoms with Crippen LogP contribution in [0.15, 0.2) is 0 Å². The van der Waals surface area contributed by atoms with Gasteiger partial charge < -0.3 is 11.1 Å². The number of hydrogen-bond acceptors (Lipinski definition) is 3. The Morgan fingerprint density at radius 3 is 2.83 bits per heavy atom. The first kappa shape index (κ1) is 11.8. The Hall–Kier alpha value is -0.220. The zero-order chi connectivity index (χ0) is 9.40. The van der Waals surface area contributed by atoms with E-state index in [4.69, 9.17) is 5.73 Å². The van der Waals surface area contributed by atoms with E-state index in [-0.39, 0.29) is 11.9 Å². The summed E-state index contributed by atoms with van der Waals surface area (Å²) >= 11 is 1.83. The first-order chi connectivity index (χ1) is 5.70. The molecule has 0 spiro atoms. The van der Waals surface area contributed by atoms with Gasteiger partial charge in [-0.1, -0.05) is 6.92 Å². The molecule has 0 aromatic rings. The van der Waals surface area contributed by atoms with E-state index in [1.54, 1.807) is 0 Å². The number of nitrogens with two attached hydrogens (primary N) is 1. The maximum Gasteiger partial charge on any atom is 0.221 e. The van der Waals surface area contributed by atoms with Gasteiger partial charge in [-0.3, -0.25) is 4.79 Å².